The maximum atomic E-state index is 13.5. The molecule has 1 aromatic heterocycles. The third kappa shape index (κ3) is 2.11. The summed E-state index contributed by atoms with van der Waals surface area (Å²) < 4.78 is 53.1. The van der Waals surface area contributed by atoms with E-state index in [-0.39, 0.29) is 19.5 Å². The van der Waals surface area contributed by atoms with Gasteiger partial charge in [0.1, 0.15) is 5.69 Å². The molecule has 1 aromatic rings. The van der Waals surface area contributed by atoms with Crippen molar-refractivity contribution in [2.24, 2.45) is 11.1 Å². The number of nitrogens with two attached hydrogens (primary N) is 1. The molecular formula is C11H11F4N3O. The smallest absolute Gasteiger partial charge is 0.253 e. The number of hydrogen-bond donors (Lipinski definition) is 1. The molecule has 0 saturated carbocycles. The van der Waals surface area contributed by atoms with Crippen LogP contribution >= 0.6 is 0 Å². The van der Waals surface area contributed by atoms with Gasteiger partial charge in [-0.1, -0.05) is 0 Å². The van der Waals surface area contributed by atoms with E-state index in [0.29, 0.717) is 0 Å². The molecule has 0 aromatic carbocycles. The molecule has 1 amide bonds. The first-order valence-electron chi connectivity index (χ1n) is 5.51. The fourth-order valence-electron chi connectivity index (χ4n) is 2.11. The van der Waals surface area contributed by atoms with Crippen molar-refractivity contribution < 1.29 is 22.4 Å². The van der Waals surface area contributed by atoms with Crippen LogP contribution in [0.3, 0.4) is 0 Å². The lowest BCUT2D eigenvalue weighted by Crippen LogP contribution is -2.37. The molecule has 0 aliphatic carbocycles. The Kier molecular flexibility index (Phi) is 3.11. The van der Waals surface area contributed by atoms with Crippen LogP contribution in [0.2, 0.25) is 0 Å². The average molecular weight is 277 g/mol. The van der Waals surface area contributed by atoms with E-state index in [9.17, 15) is 22.4 Å². The summed E-state index contributed by atoms with van der Waals surface area (Å²) in [7, 11) is 0. The number of anilines is 1. The van der Waals surface area contributed by atoms with E-state index in [1.807, 2.05) is 0 Å². The highest BCUT2D eigenvalue weighted by molar-refractivity contribution is 5.82. The van der Waals surface area contributed by atoms with Gasteiger partial charge in [-0.3, -0.25) is 4.79 Å². The standard InChI is InChI=1S/C11H11F4N3O/c1-11(10(16)19)2-3-18(4-11)7-5(12)8(14)17-9(15)6(7)13/h2-4H2,1H3,(H2,16,19). The summed E-state index contributed by atoms with van der Waals surface area (Å²) in [6.45, 7) is 1.48. The zero-order chi connectivity index (χ0) is 14.4. The molecule has 1 aliphatic rings. The molecule has 2 heterocycles. The largest absolute Gasteiger partial charge is 0.369 e. The molecule has 1 atom stereocenters. The van der Waals surface area contributed by atoms with Gasteiger partial charge in [0.05, 0.1) is 5.41 Å². The van der Waals surface area contributed by atoms with Gasteiger partial charge in [-0.2, -0.15) is 22.5 Å². The summed E-state index contributed by atoms with van der Waals surface area (Å²) in [5.41, 5.74) is 3.35. The molecule has 0 radical (unpaired) electrons. The number of primary amides is 1. The fourth-order valence-corrected chi connectivity index (χ4v) is 2.11. The number of nitrogens with zero attached hydrogens (tertiary/aromatic N) is 2. The fraction of sp³-hybridized carbons (Fsp3) is 0.455. The lowest BCUT2D eigenvalue weighted by atomic mass is 9.89. The second kappa shape index (κ2) is 4.36. The van der Waals surface area contributed by atoms with Gasteiger partial charge >= 0.3 is 0 Å². The highest BCUT2D eigenvalue weighted by Crippen LogP contribution is 2.36. The highest BCUT2D eigenvalue weighted by Gasteiger charge is 2.41. The van der Waals surface area contributed by atoms with E-state index in [1.54, 1.807) is 0 Å². The van der Waals surface area contributed by atoms with Crippen molar-refractivity contribution in [3.8, 4) is 0 Å². The molecule has 8 heteroatoms. The summed E-state index contributed by atoms with van der Waals surface area (Å²) in [5.74, 6) is -7.23. The Balaban J connectivity index is 2.43. The molecule has 1 saturated heterocycles. The molecule has 19 heavy (non-hydrogen) atoms. The molecule has 0 bridgehead atoms. The van der Waals surface area contributed by atoms with Crippen LogP contribution in [-0.4, -0.2) is 24.0 Å². The van der Waals surface area contributed by atoms with Gasteiger partial charge in [-0.15, -0.1) is 0 Å². The molecule has 104 valence electrons. The molecule has 1 fully saturated rings. The van der Waals surface area contributed by atoms with Gasteiger partial charge in [0.15, 0.2) is 0 Å². The Labute approximate surface area is 106 Å². The Bertz CT molecular complexity index is 525. The number of amides is 1. The molecule has 1 unspecified atom stereocenters. The number of halogens is 4. The Morgan fingerprint density at radius 3 is 2.21 bits per heavy atom. The van der Waals surface area contributed by atoms with Crippen LogP contribution in [0.5, 0.6) is 0 Å². The van der Waals surface area contributed by atoms with Gasteiger partial charge in [-0.05, 0) is 13.3 Å². The van der Waals surface area contributed by atoms with Gasteiger partial charge in [-0.25, -0.2) is 0 Å². The van der Waals surface area contributed by atoms with Gasteiger partial charge in [0, 0.05) is 13.1 Å². The van der Waals surface area contributed by atoms with E-state index >= 15 is 0 Å². The second-order valence-electron chi connectivity index (χ2n) is 4.77. The maximum absolute atomic E-state index is 13.5. The minimum absolute atomic E-state index is 0.0656. The molecule has 2 N–H and O–H groups in total. The zero-order valence-corrected chi connectivity index (χ0v) is 10.0. The number of pyridine rings is 1. The topological polar surface area (TPSA) is 59.2 Å². The van der Waals surface area contributed by atoms with Crippen molar-refractivity contribution in [3.63, 3.8) is 0 Å². The molecule has 1 aliphatic heterocycles. The maximum Gasteiger partial charge on any atom is 0.253 e. The van der Waals surface area contributed by atoms with Crippen molar-refractivity contribution in [3.05, 3.63) is 23.5 Å². The number of hydrogen-bond acceptors (Lipinski definition) is 3. The monoisotopic (exact) mass is 277 g/mol. The Morgan fingerprint density at radius 2 is 1.79 bits per heavy atom. The lowest BCUT2D eigenvalue weighted by molar-refractivity contribution is -0.125. The zero-order valence-electron chi connectivity index (χ0n) is 10.0. The predicted octanol–water partition coefficient (Wildman–Crippen LogP) is 1.34. The SMILES string of the molecule is CC1(C(N)=O)CCN(c2c(F)c(F)nc(F)c2F)C1. The minimum atomic E-state index is -1.72. The van der Waals surface area contributed by atoms with Crippen molar-refractivity contribution in [2.75, 3.05) is 18.0 Å². The predicted molar refractivity (Wildman–Crippen MR) is 58.2 cm³/mol. The third-order valence-electron chi connectivity index (χ3n) is 3.36. The van der Waals surface area contributed by atoms with Crippen LogP contribution in [0.4, 0.5) is 23.2 Å². The number of carbonyl (C=O) groups is 1. The molecule has 4 nitrogen and oxygen atoms in total. The Hall–Kier alpha value is -1.86. The first-order chi connectivity index (χ1) is 8.76. The van der Waals surface area contributed by atoms with E-state index < -0.39 is 40.5 Å². The molecule has 2 rings (SSSR count). The highest BCUT2D eigenvalue weighted by atomic mass is 19.2. The van der Waals surface area contributed by atoms with Crippen LogP contribution < -0.4 is 10.6 Å². The van der Waals surface area contributed by atoms with Crippen molar-refractivity contribution >= 4 is 11.6 Å². The summed E-state index contributed by atoms with van der Waals surface area (Å²) in [6.07, 6.45) is 0.243. The Morgan fingerprint density at radius 1 is 1.26 bits per heavy atom. The summed E-state index contributed by atoms with van der Waals surface area (Å²) >= 11 is 0. The lowest BCUT2D eigenvalue weighted by Gasteiger charge is -2.23. The first kappa shape index (κ1) is 13.6. The van der Waals surface area contributed by atoms with E-state index in [2.05, 4.69) is 4.98 Å². The third-order valence-corrected chi connectivity index (χ3v) is 3.36. The summed E-state index contributed by atoms with van der Waals surface area (Å²) in [5, 5.41) is 0. The second-order valence-corrected chi connectivity index (χ2v) is 4.77. The van der Waals surface area contributed by atoms with Crippen LogP contribution in [0, 0.1) is 28.9 Å². The summed E-state index contributed by atoms with van der Waals surface area (Å²) in [6, 6.07) is 0. The van der Waals surface area contributed by atoms with Crippen molar-refractivity contribution in [2.45, 2.75) is 13.3 Å². The summed E-state index contributed by atoms with van der Waals surface area (Å²) in [4.78, 5) is 14.8. The first-order valence-corrected chi connectivity index (χ1v) is 5.51. The van der Waals surface area contributed by atoms with Gasteiger partial charge in [0.25, 0.3) is 11.9 Å². The van der Waals surface area contributed by atoms with Crippen molar-refractivity contribution in [1.82, 2.24) is 4.98 Å². The van der Waals surface area contributed by atoms with Gasteiger partial charge < -0.3 is 10.6 Å². The van der Waals surface area contributed by atoms with E-state index in [4.69, 9.17) is 5.73 Å². The quantitative estimate of drug-likeness (QED) is 0.655. The van der Waals surface area contributed by atoms with E-state index in [0.717, 1.165) is 4.90 Å². The van der Waals surface area contributed by atoms with Crippen molar-refractivity contribution in [1.29, 1.82) is 0 Å². The molecule has 0 spiro atoms. The number of aromatic nitrogens is 1. The average Bonchev–Trinajstić information content (AvgIpc) is 2.71. The number of rotatable bonds is 2. The van der Waals surface area contributed by atoms with E-state index in [1.165, 1.54) is 6.92 Å². The normalized spacial score (nSPS) is 22.9. The minimum Gasteiger partial charge on any atom is -0.369 e. The number of carbonyl (C=O) groups excluding carboxylic acids is 1. The van der Waals surface area contributed by atoms with Crippen LogP contribution in [-0.2, 0) is 4.79 Å². The van der Waals surface area contributed by atoms with Crippen LogP contribution in [0.15, 0.2) is 0 Å². The van der Waals surface area contributed by atoms with Crippen LogP contribution in [0.1, 0.15) is 13.3 Å². The van der Waals surface area contributed by atoms with Crippen LogP contribution in [0.25, 0.3) is 0 Å². The molecular weight excluding hydrogens is 266 g/mol. The van der Waals surface area contributed by atoms with Gasteiger partial charge in [0.2, 0.25) is 17.5 Å².